The first-order valence-corrected chi connectivity index (χ1v) is 7.03. The van der Waals surface area contributed by atoms with Gasteiger partial charge in [0.2, 0.25) is 0 Å². The summed E-state index contributed by atoms with van der Waals surface area (Å²) < 4.78 is 14.5. The molecular formula is C14H17BrFNO. The van der Waals surface area contributed by atoms with Crippen LogP contribution < -0.4 is 5.32 Å². The van der Waals surface area contributed by atoms with Crippen LogP contribution in [0.25, 0.3) is 0 Å². The molecule has 0 bridgehead atoms. The van der Waals surface area contributed by atoms with Crippen molar-refractivity contribution >= 4 is 21.7 Å². The van der Waals surface area contributed by atoms with E-state index in [-0.39, 0.29) is 11.6 Å². The Morgan fingerprint density at radius 2 is 2.28 bits per heavy atom. The largest absolute Gasteiger partial charge is 0.315 e. The fourth-order valence-corrected chi connectivity index (χ4v) is 2.34. The number of halogens is 2. The second-order valence-electron chi connectivity index (χ2n) is 4.93. The van der Waals surface area contributed by atoms with Gasteiger partial charge >= 0.3 is 0 Å². The second kappa shape index (κ2) is 5.93. The predicted octanol–water partition coefficient (Wildman–Crippen LogP) is 3.26. The summed E-state index contributed by atoms with van der Waals surface area (Å²) >= 11 is 3.22. The first kappa shape index (κ1) is 13.7. The quantitative estimate of drug-likeness (QED) is 0.873. The molecule has 0 amide bonds. The van der Waals surface area contributed by atoms with Crippen molar-refractivity contribution in [3.63, 3.8) is 0 Å². The molecule has 0 heterocycles. The molecule has 1 aromatic carbocycles. The molecule has 1 aliphatic rings. The van der Waals surface area contributed by atoms with Gasteiger partial charge in [-0.1, -0.05) is 22.0 Å². The number of Topliss-reactive ketones (excluding diaryl/α,β-unsaturated/α-hetero) is 1. The first-order valence-electron chi connectivity index (χ1n) is 6.24. The molecule has 1 fully saturated rings. The average Bonchev–Trinajstić information content (AvgIpc) is 3.09. The van der Waals surface area contributed by atoms with Crippen molar-refractivity contribution in [2.45, 2.75) is 25.7 Å². The van der Waals surface area contributed by atoms with E-state index in [4.69, 9.17) is 0 Å². The van der Waals surface area contributed by atoms with Crippen molar-refractivity contribution in [2.24, 2.45) is 5.92 Å². The van der Waals surface area contributed by atoms with Crippen molar-refractivity contribution < 1.29 is 9.18 Å². The number of hydrogen-bond acceptors (Lipinski definition) is 2. The number of benzene rings is 1. The van der Waals surface area contributed by atoms with Gasteiger partial charge in [-0.3, -0.25) is 4.79 Å². The van der Waals surface area contributed by atoms with Gasteiger partial charge in [-0.2, -0.15) is 0 Å². The van der Waals surface area contributed by atoms with Gasteiger partial charge in [-0.25, -0.2) is 4.39 Å². The summed E-state index contributed by atoms with van der Waals surface area (Å²) in [6.07, 6.45) is 2.54. The molecule has 0 spiro atoms. The summed E-state index contributed by atoms with van der Waals surface area (Å²) in [5.41, 5.74) is 0.481. The Balaban J connectivity index is 2.04. The number of ketones is 1. The van der Waals surface area contributed by atoms with Crippen LogP contribution in [0.2, 0.25) is 0 Å². The molecule has 1 unspecified atom stereocenters. The van der Waals surface area contributed by atoms with E-state index in [0.717, 1.165) is 12.5 Å². The van der Waals surface area contributed by atoms with Crippen LogP contribution in [0.3, 0.4) is 0 Å². The molecule has 0 aliphatic heterocycles. The highest BCUT2D eigenvalue weighted by atomic mass is 79.9. The van der Waals surface area contributed by atoms with E-state index < -0.39 is 5.92 Å². The van der Waals surface area contributed by atoms with Crippen LogP contribution in [0.5, 0.6) is 0 Å². The molecule has 1 aromatic rings. The summed E-state index contributed by atoms with van der Waals surface area (Å²) in [5.74, 6) is 0.0431. The van der Waals surface area contributed by atoms with Crippen LogP contribution in [-0.4, -0.2) is 18.9 Å². The number of rotatable bonds is 6. The molecule has 1 aliphatic carbocycles. The lowest BCUT2D eigenvalue weighted by Gasteiger charge is -2.16. The van der Waals surface area contributed by atoms with Crippen molar-refractivity contribution in [3.05, 3.63) is 34.1 Å². The van der Waals surface area contributed by atoms with Gasteiger partial charge in [0.25, 0.3) is 0 Å². The molecule has 98 valence electrons. The van der Waals surface area contributed by atoms with Crippen LogP contribution >= 0.6 is 15.9 Å². The Hall–Kier alpha value is -0.740. The highest BCUT2D eigenvalue weighted by Gasteiger charge is 2.23. The molecule has 4 heteroatoms. The van der Waals surface area contributed by atoms with Gasteiger partial charge in [0.1, 0.15) is 11.6 Å². The van der Waals surface area contributed by atoms with Gasteiger partial charge < -0.3 is 5.32 Å². The summed E-state index contributed by atoms with van der Waals surface area (Å²) in [7, 11) is 0. The lowest BCUT2D eigenvalue weighted by Crippen LogP contribution is -2.28. The van der Waals surface area contributed by atoms with E-state index in [9.17, 15) is 9.18 Å². The Morgan fingerprint density at radius 1 is 1.56 bits per heavy atom. The van der Waals surface area contributed by atoms with Gasteiger partial charge in [-0.05, 0) is 49.9 Å². The number of carbonyl (C=O) groups excluding carboxylic acids is 1. The maximum absolute atomic E-state index is 13.8. The maximum atomic E-state index is 13.8. The molecular weight excluding hydrogens is 297 g/mol. The number of nitrogens with one attached hydrogen (secondary N) is 1. The average molecular weight is 314 g/mol. The van der Waals surface area contributed by atoms with Crippen LogP contribution in [0, 0.1) is 11.7 Å². The minimum atomic E-state index is -0.392. The van der Waals surface area contributed by atoms with E-state index >= 15 is 0 Å². The summed E-state index contributed by atoms with van der Waals surface area (Å²) in [6.45, 7) is 2.97. The molecule has 18 heavy (non-hydrogen) atoms. The standard InChI is InChI=1S/C14H17BrFNO/c1-9(18)13(8-17-7-10-2-3-10)12-5-4-11(15)6-14(12)16/h4-6,10,13,17H,2-3,7-8H2,1H3. The minimum absolute atomic E-state index is 0.000445. The van der Waals surface area contributed by atoms with E-state index in [2.05, 4.69) is 21.2 Å². The maximum Gasteiger partial charge on any atom is 0.138 e. The Kier molecular flexibility index (Phi) is 4.51. The lowest BCUT2D eigenvalue weighted by atomic mass is 9.95. The second-order valence-corrected chi connectivity index (χ2v) is 5.85. The molecule has 2 nitrogen and oxygen atoms in total. The van der Waals surface area contributed by atoms with Crippen LogP contribution in [-0.2, 0) is 4.79 Å². The van der Waals surface area contributed by atoms with Gasteiger partial charge in [0.15, 0.2) is 0 Å². The minimum Gasteiger partial charge on any atom is -0.315 e. The summed E-state index contributed by atoms with van der Waals surface area (Å²) in [5, 5.41) is 3.27. The van der Waals surface area contributed by atoms with E-state index in [0.29, 0.717) is 16.6 Å². The smallest absolute Gasteiger partial charge is 0.138 e. The van der Waals surface area contributed by atoms with Crippen LogP contribution in [0.4, 0.5) is 4.39 Å². The molecule has 2 rings (SSSR count). The number of carbonyl (C=O) groups is 1. The first-order chi connectivity index (χ1) is 8.58. The normalized spacial score (nSPS) is 16.6. The van der Waals surface area contributed by atoms with Crippen molar-refractivity contribution in [3.8, 4) is 0 Å². The molecule has 0 aromatic heterocycles. The monoisotopic (exact) mass is 313 g/mol. The zero-order chi connectivity index (χ0) is 13.1. The van der Waals surface area contributed by atoms with Gasteiger partial charge in [0.05, 0.1) is 5.92 Å². The summed E-state index contributed by atoms with van der Waals surface area (Å²) in [6, 6.07) is 4.87. The van der Waals surface area contributed by atoms with Crippen LogP contribution in [0.1, 0.15) is 31.2 Å². The van der Waals surface area contributed by atoms with Gasteiger partial charge in [-0.15, -0.1) is 0 Å². The van der Waals surface area contributed by atoms with Crippen molar-refractivity contribution in [2.75, 3.05) is 13.1 Å². The predicted molar refractivity (Wildman–Crippen MR) is 73.1 cm³/mol. The van der Waals surface area contributed by atoms with Crippen molar-refractivity contribution in [1.82, 2.24) is 5.32 Å². The topological polar surface area (TPSA) is 29.1 Å². The highest BCUT2D eigenvalue weighted by molar-refractivity contribution is 9.10. The van der Waals surface area contributed by atoms with Crippen LogP contribution in [0.15, 0.2) is 22.7 Å². The third kappa shape index (κ3) is 3.62. The van der Waals surface area contributed by atoms with E-state index in [1.165, 1.54) is 25.8 Å². The molecule has 0 saturated heterocycles. The fraction of sp³-hybridized carbons (Fsp3) is 0.500. The Morgan fingerprint density at radius 3 is 2.83 bits per heavy atom. The molecule has 0 radical (unpaired) electrons. The third-order valence-corrected chi connectivity index (χ3v) is 3.80. The number of hydrogen-bond donors (Lipinski definition) is 1. The zero-order valence-corrected chi connectivity index (χ0v) is 12.0. The fourth-order valence-electron chi connectivity index (χ4n) is 2.01. The lowest BCUT2D eigenvalue weighted by molar-refractivity contribution is -0.118. The molecule has 1 saturated carbocycles. The van der Waals surface area contributed by atoms with Crippen molar-refractivity contribution in [1.29, 1.82) is 0 Å². The highest BCUT2D eigenvalue weighted by Crippen LogP contribution is 2.28. The third-order valence-electron chi connectivity index (χ3n) is 3.31. The van der Waals surface area contributed by atoms with E-state index in [1.54, 1.807) is 12.1 Å². The zero-order valence-electron chi connectivity index (χ0n) is 10.4. The van der Waals surface area contributed by atoms with Gasteiger partial charge in [0, 0.05) is 11.0 Å². The molecule has 1 N–H and O–H groups in total. The molecule has 1 atom stereocenters. The SMILES string of the molecule is CC(=O)C(CNCC1CC1)c1ccc(Br)cc1F. The summed E-state index contributed by atoms with van der Waals surface area (Å²) in [4.78, 5) is 11.7. The Labute approximate surface area is 115 Å². The Bertz CT molecular complexity index is 445. The van der Waals surface area contributed by atoms with E-state index in [1.807, 2.05) is 0 Å².